The van der Waals surface area contributed by atoms with Crippen LogP contribution in [0.5, 0.6) is 11.5 Å². The van der Waals surface area contributed by atoms with Gasteiger partial charge in [0, 0.05) is 18.7 Å². The van der Waals surface area contributed by atoms with Gasteiger partial charge in [-0.05, 0) is 38.5 Å². The molecule has 0 fully saturated rings. The quantitative estimate of drug-likeness (QED) is 0.347. The molecule has 23 heavy (non-hydrogen) atoms. The molecule has 0 aliphatic heterocycles. The third-order valence-corrected chi connectivity index (χ3v) is 2.95. The predicted molar refractivity (Wildman–Crippen MR) is 104 cm³/mol. The van der Waals surface area contributed by atoms with Crippen molar-refractivity contribution < 1.29 is 14.6 Å². The average Bonchev–Trinajstić information content (AvgIpc) is 2.51. The van der Waals surface area contributed by atoms with Gasteiger partial charge in [0.25, 0.3) is 0 Å². The predicted octanol–water partition coefficient (Wildman–Crippen LogP) is 2.32. The first-order chi connectivity index (χ1) is 10.5. The molecule has 0 heterocycles. The molecule has 0 saturated carbocycles. The van der Waals surface area contributed by atoms with Crippen LogP contribution >= 0.6 is 24.0 Å². The monoisotopic (exact) mass is 437 g/mol. The first-order valence-corrected chi connectivity index (χ1v) is 7.46. The molecule has 3 N–H and O–H groups in total. The van der Waals surface area contributed by atoms with Crippen LogP contribution in [0.4, 0.5) is 0 Å². The number of aliphatic hydroxyl groups is 1. The normalized spacial score (nSPS) is 12.4. The molecule has 0 aliphatic carbocycles. The lowest BCUT2D eigenvalue weighted by molar-refractivity contribution is 0.186. The number of aliphatic hydroxyl groups excluding tert-OH is 1. The number of halogens is 1. The summed E-state index contributed by atoms with van der Waals surface area (Å²) in [6.45, 7) is 7.09. The molecule has 0 radical (unpaired) electrons. The van der Waals surface area contributed by atoms with Gasteiger partial charge in [-0.15, -0.1) is 24.0 Å². The van der Waals surface area contributed by atoms with Gasteiger partial charge >= 0.3 is 0 Å². The third kappa shape index (κ3) is 7.74. The maximum atomic E-state index is 10.3. The molecular weight excluding hydrogens is 409 g/mol. The number of hydrogen-bond acceptors (Lipinski definition) is 4. The summed E-state index contributed by atoms with van der Waals surface area (Å²) in [4.78, 5) is 4.40. The van der Waals surface area contributed by atoms with E-state index in [0.29, 0.717) is 23.0 Å². The van der Waals surface area contributed by atoms with Crippen molar-refractivity contribution >= 4 is 29.9 Å². The van der Waals surface area contributed by atoms with Crippen molar-refractivity contribution in [3.63, 3.8) is 0 Å². The van der Waals surface area contributed by atoms with Crippen molar-refractivity contribution in [2.24, 2.45) is 4.99 Å². The van der Waals surface area contributed by atoms with E-state index >= 15 is 0 Å². The summed E-state index contributed by atoms with van der Waals surface area (Å²) >= 11 is 0. The van der Waals surface area contributed by atoms with Crippen LogP contribution in [-0.4, -0.2) is 44.4 Å². The molecule has 6 nitrogen and oxygen atoms in total. The second-order valence-corrected chi connectivity index (χ2v) is 5.18. The molecule has 1 rings (SSSR count). The van der Waals surface area contributed by atoms with Gasteiger partial charge in [0.2, 0.25) is 0 Å². The molecule has 1 atom stereocenters. The van der Waals surface area contributed by atoms with E-state index in [2.05, 4.69) is 15.6 Å². The third-order valence-electron chi connectivity index (χ3n) is 2.95. The maximum Gasteiger partial charge on any atom is 0.191 e. The van der Waals surface area contributed by atoms with Crippen molar-refractivity contribution in [2.45, 2.75) is 32.9 Å². The van der Waals surface area contributed by atoms with Gasteiger partial charge < -0.3 is 25.2 Å². The van der Waals surface area contributed by atoms with Gasteiger partial charge in [0.15, 0.2) is 5.96 Å². The fourth-order valence-corrected chi connectivity index (χ4v) is 1.90. The second-order valence-electron chi connectivity index (χ2n) is 5.18. The topological polar surface area (TPSA) is 75.1 Å². The summed E-state index contributed by atoms with van der Waals surface area (Å²) in [5, 5.41) is 16.7. The fraction of sp³-hybridized carbons (Fsp3) is 0.562. The van der Waals surface area contributed by atoms with Crippen molar-refractivity contribution in [1.29, 1.82) is 0 Å². The Morgan fingerprint density at radius 3 is 2.17 bits per heavy atom. The number of hydrogen-bond donors (Lipinski definition) is 3. The van der Waals surface area contributed by atoms with E-state index in [1.54, 1.807) is 32.4 Å². The summed E-state index contributed by atoms with van der Waals surface area (Å²) in [7, 11) is 3.16. The molecular formula is C16H28IN3O3. The van der Waals surface area contributed by atoms with Crippen LogP contribution in [0.15, 0.2) is 23.2 Å². The Kier molecular flexibility index (Phi) is 10.7. The molecule has 0 aromatic heterocycles. The van der Waals surface area contributed by atoms with E-state index in [9.17, 15) is 5.11 Å². The van der Waals surface area contributed by atoms with E-state index < -0.39 is 6.10 Å². The highest BCUT2D eigenvalue weighted by Gasteiger charge is 2.11. The van der Waals surface area contributed by atoms with Crippen LogP contribution in [0.25, 0.3) is 0 Å². The van der Waals surface area contributed by atoms with Crippen LogP contribution in [0, 0.1) is 0 Å². The van der Waals surface area contributed by atoms with Crippen LogP contribution in [0.2, 0.25) is 0 Å². The minimum atomic E-state index is -0.730. The van der Waals surface area contributed by atoms with Crippen molar-refractivity contribution in [3.05, 3.63) is 23.8 Å². The Balaban J connectivity index is 0.00000484. The van der Waals surface area contributed by atoms with E-state index in [0.717, 1.165) is 6.54 Å². The highest BCUT2D eigenvalue weighted by atomic mass is 127. The summed E-state index contributed by atoms with van der Waals surface area (Å²) in [5.41, 5.74) is 0.709. The Bertz CT molecular complexity index is 473. The largest absolute Gasteiger partial charge is 0.497 e. The number of rotatable bonds is 7. The lowest BCUT2D eigenvalue weighted by Gasteiger charge is -2.16. The molecule has 1 aromatic rings. The molecule has 0 aliphatic rings. The number of nitrogens with one attached hydrogen (secondary N) is 2. The smallest absolute Gasteiger partial charge is 0.191 e. The SMILES string of the molecule is CCNC(=NCC(O)c1cc(OC)cc(OC)c1)NC(C)C.I. The van der Waals surface area contributed by atoms with Crippen LogP contribution in [-0.2, 0) is 0 Å². The zero-order valence-electron chi connectivity index (χ0n) is 14.4. The summed E-state index contributed by atoms with van der Waals surface area (Å²) in [6, 6.07) is 5.60. The Labute approximate surface area is 155 Å². The van der Waals surface area contributed by atoms with Gasteiger partial charge in [0.05, 0.1) is 26.9 Å². The summed E-state index contributed by atoms with van der Waals surface area (Å²) < 4.78 is 10.4. The zero-order valence-corrected chi connectivity index (χ0v) is 16.8. The van der Waals surface area contributed by atoms with Gasteiger partial charge in [-0.1, -0.05) is 0 Å². The number of methoxy groups -OCH3 is 2. The van der Waals surface area contributed by atoms with Gasteiger partial charge in [-0.2, -0.15) is 0 Å². The minimum absolute atomic E-state index is 0. The van der Waals surface area contributed by atoms with E-state index in [1.807, 2.05) is 20.8 Å². The maximum absolute atomic E-state index is 10.3. The Morgan fingerprint density at radius 1 is 1.17 bits per heavy atom. The molecule has 0 bridgehead atoms. The lowest BCUT2D eigenvalue weighted by atomic mass is 10.1. The van der Waals surface area contributed by atoms with Crippen LogP contribution < -0.4 is 20.1 Å². The average molecular weight is 437 g/mol. The first-order valence-electron chi connectivity index (χ1n) is 7.46. The number of nitrogens with zero attached hydrogens (tertiary/aromatic N) is 1. The number of guanidine groups is 1. The standard InChI is InChI=1S/C16H27N3O3.HI/c1-6-17-16(19-11(2)3)18-10-15(20)12-7-13(21-4)9-14(8-12)22-5;/h7-9,11,15,20H,6,10H2,1-5H3,(H2,17,18,19);1H. The minimum Gasteiger partial charge on any atom is -0.497 e. The summed E-state index contributed by atoms with van der Waals surface area (Å²) in [5.74, 6) is 1.97. The van der Waals surface area contributed by atoms with Gasteiger partial charge in [-0.3, -0.25) is 4.99 Å². The first kappa shape index (κ1) is 21.8. The highest BCUT2D eigenvalue weighted by Crippen LogP contribution is 2.26. The Morgan fingerprint density at radius 2 is 1.74 bits per heavy atom. The molecule has 1 aromatic carbocycles. The van der Waals surface area contributed by atoms with Crippen LogP contribution in [0.1, 0.15) is 32.4 Å². The molecule has 0 amide bonds. The van der Waals surface area contributed by atoms with Gasteiger partial charge in [0.1, 0.15) is 11.5 Å². The number of benzene rings is 1. The highest BCUT2D eigenvalue weighted by molar-refractivity contribution is 14.0. The van der Waals surface area contributed by atoms with Crippen molar-refractivity contribution in [1.82, 2.24) is 10.6 Å². The number of ether oxygens (including phenoxy) is 2. The van der Waals surface area contributed by atoms with Crippen molar-refractivity contribution in [2.75, 3.05) is 27.3 Å². The van der Waals surface area contributed by atoms with E-state index in [1.165, 1.54) is 0 Å². The van der Waals surface area contributed by atoms with Crippen LogP contribution in [0.3, 0.4) is 0 Å². The molecule has 132 valence electrons. The molecule has 1 unspecified atom stereocenters. The zero-order chi connectivity index (χ0) is 16.5. The molecule has 7 heteroatoms. The molecule has 0 spiro atoms. The lowest BCUT2D eigenvalue weighted by Crippen LogP contribution is -2.41. The van der Waals surface area contributed by atoms with Gasteiger partial charge in [-0.25, -0.2) is 0 Å². The fourth-order valence-electron chi connectivity index (χ4n) is 1.90. The van der Waals surface area contributed by atoms with E-state index in [4.69, 9.17) is 9.47 Å². The van der Waals surface area contributed by atoms with E-state index in [-0.39, 0.29) is 36.6 Å². The summed E-state index contributed by atoms with van der Waals surface area (Å²) in [6.07, 6.45) is -0.730. The second kappa shape index (κ2) is 11.3. The van der Waals surface area contributed by atoms with Crippen molar-refractivity contribution in [3.8, 4) is 11.5 Å². The Hall–Kier alpha value is -1.22. The number of aliphatic imine (C=N–C) groups is 1. The molecule has 0 saturated heterocycles.